The number of hydrogen-bond acceptors (Lipinski definition) is 4. The Morgan fingerprint density at radius 1 is 0.514 bits per heavy atom. The normalized spacial score (nSPS) is 11.8. The van der Waals surface area contributed by atoms with Gasteiger partial charge in [-0.1, -0.05) is 111 Å². The maximum absolute atomic E-state index is 6.02. The van der Waals surface area contributed by atoms with Gasteiger partial charge in [0.05, 0.1) is 12.9 Å². The minimum Gasteiger partial charge on any atom is -0.475 e. The van der Waals surface area contributed by atoms with Crippen molar-refractivity contribution in [3.05, 3.63) is 12.3 Å². The average molecular weight is 499 g/mol. The van der Waals surface area contributed by atoms with Crippen LogP contribution in [0.15, 0.2) is 12.3 Å². The van der Waals surface area contributed by atoms with Gasteiger partial charge < -0.3 is 18.9 Å². The molecule has 0 atom stereocenters. The SMILES string of the molecule is CCCCCCOCOC=CCCCCCCCCCCCC(OCCCCC)OCCCCC. The van der Waals surface area contributed by atoms with Gasteiger partial charge in [-0.25, -0.2) is 0 Å². The summed E-state index contributed by atoms with van der Waals surface area (Å²) in [6.07, 6.45) is 30.3. The quantitative estimate of drug-likeness (QED) is 0.0560. The third-order valence-corrected chi connectivity index (χ3v) is 6.40. The monoisotopic (exact) mass is 498 g/mol. The number of unbranched alkanes of at least 4 members (excludes halogenated alkanes) is 16. The molecule has 0 aliphatic carbocycles. The van der Waals surface area contributed by atoms with Crippen molar-refractivity contribution in [1.82, 2.24) is 0 Å². The van der Waals surface area contributed by atoms with Crippen LogP contribution in [0.4, 0.5) is 0 Å². The first kappa shape index (κ1) is 34.4. The summed E-state index contributed by atoms with van der Waals surface area (Å²) in [5.74, 6) is 0. The smallest absolute Gasteiger partial charge is 0.188 e. The minimum absolute atomic E-state index is 0.0197. The molecule has 0 unspecified atom stereocenters. The lowest BCUT2D eigenvalue weighted by molar-refractivity contribution is -0.148. The van der Waals surface area contributed by atoms with Gasteiger partial charge in [-0.2, -0.15) is 0 Å². The van der Waals surface area contributed by atoms with E-state index in [1.807, 2.05) is 6.26 Å². The van der Waals surface area contributed by atoms with E-state index in [1.165, 1.54) is 103 Å². The number of ether oxygens (including phenoxy) is 4. The second kappa shape index (κ2) is 31.4. The summed E-state index contributed by atoms with van der Waals surface area (Å²) < 4.78 is 22.9. The molecule has 0 saturated carbocycles. The predicted octanol–water partition coefficient (Wildman–Crippen LogP) is 10.1. The zero-order valence-corrected chi connectivity index (χ0v) is 24.0. The first-order valence-electron chi connectivity index (χ1n) is 15.4. The van der Waals surface area contributed by atoms with Crippen LogP contribution >= 0.6 is 0 Å². The Bertz CT molecular complexity index is 387. The Morgan fingerprint density at radius 3 is 1.60 bits per heavy atom. The fourth-order valence-corrected chi connectivity index (χ4v) is 4.07. The third-order valence-electron chi connectivity index (χ3n) is 6.40. The first-order chi connectivity index (χ1) is 17.3. The highest BCUT2D eigenvalue weighted by atomic mass is 16.7. The van der Waals surface area contributed by atoms with Gasteiger partial charge in [0.1, 0.15) is 0 Å². The fourth-order valence-electron chi connectivity index (χ4n) is 4.07. The zero-order chi connectivity index (χ0) is 25.5. The zero-order valence-electron chi connectivity index (χ0n) is 24.0. The summed E-state index contributed by atoms with van der Waals surface area (Å²) in [6, 6.07) is 0. The molecule has 0 saturated heterocycles. The molecule has 210 valence electrons. The van der Waals surface area contributed by atoms with Gasteiger partial charge in [-0.15, -0.1) is 0 Å². The van der Waals surface area contributed by atoms with Crippen molar-refractivity contribution in [2.24, 2.45) is 0 Å². The molecule has 0 aromatic rings. The molecule has 0 aromatic carbocycles. The van der Waals surface area contributed by atoms with Crippen LogP contribution in [0.5, 0.6) is 0 Å². The molecule has 35 heavy (non-hydrogen) atoms. The van der Waals surface area contributed by atoms with Crippen molar-refractivity contribution < 1.29 is 18.9 Å². The maximum Gasteiger partial charge on any atom is 0.188 e. The molecule has 0 aliphatic heterocycles. The summed E-state index contributed by atoms with van der Waals surface area (Å²) >= 11 is 0. The van der Waals surface area contributed by atoms with Crippen LogP contribution in [0.25, 0.3) is 0 Å². The topological polar surface area (TPSA) is 36.9 Å². The van der Waals surface area contributed by atoms with Crippen LogP contribution in [0.1, 0.15) is 156 Å². The van der Waals surface area contributed by atoms with Crippen molar-refractivity contribution in [3.63, 3.8) is 0 Å². The largest absolute Gasteiger partial charge is 0.475 e. The summed E-state index contributed by atoms with van der Waals surface area (Å²) in [6.45, 7) is 9.61. The van der Waals surface area contributed by atoms with Gasteiger partial charge in [0.25, 0.3) is 0 Å². The van der Waals surface area contributed by atoms with E-state index >= 15 is 0 Å². The molecule has 4 heteroatoms. The lowest BCUT2D eigenvalue weighted by Gasteiger charge is -2.18. The van der Waals surface area contributed by atoms with Crippen molar-refractivity contribution >= 4 is 0 Å². The molecule has 0 heterocycles. The molecule has 0 bridgehead atoms. The van der Waals surface area contributed by atoms with E-state index < -0.39 is 0 Å². The van der Waals surface area contributed by atoms with Crippen LogP contribution < -0.4 is 0 Å². The molecule has 0 spiro atoms. The Labute approximate surface area is 219 Å². The van der Waals surface area contributed by atoms with Crippen LogP contribution in [0.2, 0.25) is 0 Å². The van der Waals surface area contributed by atoms with E-state index in [4.69, 9.17) is 18.9 Å². The number of rotatable bonds is 30. The second-order valence-electron chi connectivity index (χ2n) is 9.97. The lowest BCUT2D eigenvalue weighted by Crippen LogP contribution is -2.19. The van der Waals surface area contributed by atoms with Gasteiger partial charge in [0, 0.05) is 13.2 Å². The first-order valence-corrected chi connectivity index (χ1v) is 15.4. The second-order valence-corrected chi connectivity index (χ2v) is 9.97. The summed E-state index contributed by atoms with van der Waals surface area (Å²) in [5, 5.41) is 0. The Kier molecular flexibility index (Phi) is 30.9. The summed E-state index contributed by atoms with van der Waals surface area (Å²) in [7, 11) is 0. The predicted molar refractivity (Wildman–Crippen MR) is 151 cm³/mol. The van der Waals surface area contributed by atoms with Gasteiger partial charge in [-0.3, -0.25) is 0 Å². The van der Waals surface area contributed by atoms with Gasteiger partial charge in [0.2, 0.25) is 0 Å². The maximum atomic E-state index is 6.02. The van der Waals surface area contributed by atoms with Crippen molar-refractivity contribution in [3.8, 4) is 0 Å². The van der Waals surface area contributed by atoms with E-state index in [2.05, 4.69) is 26.8 Å². The van der Waals surface area contributed by atoms with Gasteiger partial charge >= 0.3 is 0 Å². The number of allylic oxidation sites excluding steroid dienone is 1. The van der Waals surface area contributed by atoms with E-state index in [1.54, 1.807) is 0 Å². The highest BCUT2D eigenvalue weighted by Crippen LogP contribution is 2.14. The van der Waals surface area contributed by atoms with Crippen molar-refractivity contribution in [1.29, 1.82) is 0 Å². The molecule has 0 amide bonds. The fraction of sp³-hybridized carbons (Fsp3) is 0.935. The molecule has 4 nitrogen and oxygen atoms in total. The van der Waals surface area contributed by atoms with Crippen LogP contribution in [0, 0.1) is 0 Å². The number of hydrogen-bond donors (Lipinski definition) is 0. The summed E-state index contributed by atoms with van der Waals surface area (Å²) in [4.78, 5) is 0. The van der Waals surface area contributed by atoms with Crippen LogP contribution in [0.3, 0.4) is 0 Å². The Hall–Kier alpha value is -0.580. The Morgan fingerprint density at radius 2 is 1.00 bits per heavy atom. The minimum atomic E-state index is 0.0197. The Balaban J connectivity index is 3.45. The van der Waals surface area contributed by atoms with Crippen molar-refractivity contribution in [2.75, 3.05) is 26.6 Å². The van der Waals surface area contributed by atoms with Crippen LogP contribution in [-0.4, -0.2) is 32.9 Å². The third kappa shape index (κ3) is 29.5. The molecule has 0 aromatic heterocycles. The molecular formula is C31H62O4. The highest BCUT2D eigenvalue weighted by molar-refractivity contribution is 4.72. The van der Waals surface area contributed by atoms with Gasteiger partial charge in [-0.05, 0) is 51.0 Å². The molecule has 0 aliphatic rings. The highest BCUT2D eigenvalue weighted by Gasteiger charge is 2.09. The molecule has 0 fully saturated rings. The molecule has 0 radical (unpaired) electrons. The van der Waals surface area contributed by atoms with E-state index in [0.717, 1.165) is 51.9 Å². The molecule has 0 rings (SSSR count). The molecular weight excluding hydrogens is 436 g/mol. The van der Waals surface area contributed by atoms with E-state index in [9.17, 15) is 0 Å². The average Bonchev–Trinajstić information content (AvgIpc) is 2.87. The summed E-state index contributed by atoms with van der Waals surface area (Å²) in [5.41, 5.74) is 0. The van der Waals surface area contributed by atoms with E-state index in [-0.39, 0.29) is 6.29 Å². The standard InChI is InChI=1S/C31H62O4/c1-4-7-10-23-26-32-30-33-27-24-19-17-15-13-11-12-14-16-18-20-25-31(34-28-21-8-5-2)35-29-22-9-6-3/h24,27,31H,4-23,25-26,28-30H2,1-3H3. The lowest BCUT2D eigenvalue weighted by atomic mass is 10.1. The van der Waals surface area contributed by atoms with Crippen LogP contribution in [-0.2, 0) is 18.9 Å². The van der Waals surface area contributed by atoms with E-state index in [0.29, 0.717) is 6.79 Å². The van der Waals surface area contributed by atoms with Gasteiger partial charge in [0.15, 0.2) is 13.1 Å². The van der Waals surface area contributed by atoms with Crippen molar-refractivity contribution in [2.45, 2.75) is 162 Å². The molecule has 0 N–H and O–H groups in total.